The molecule has 0 unspecified atom stereocenters. The normalized spacial score (nSPS) is 16.9. The van der Waals surface area contributed by atoms with E-state index in [1.165, 1.54) is 42.7 Å². The molecule has 2 N–H and O–H groups in total. The Morgan fingerprint density at radius 3 is 2.77 bits per heavy atom. The summed E-state index contributed by atoms with van der Waals surface area (Å²) in [5, 5.41) is 23.4. The molecule has 0 aliphatic carbocycles. The van der Waals surface area contributed by atoms with Crippen LogP contribution in [-0.2, 0) is 9.53 Å². The summed E-state index contributed by atoms with van der Waals surface area (Å²) in [6, 6.07) is 7.80. The maximum atomic E-state index is 13.1. The highest BCUT2D eigenvalue weighted by Crippen LogP contribution is 2.26. The molecule has 3 aromatic rings. The van der Waals surface area contributed by atoms with Crippen molar-refractivity contribution >= 4 is 33.3 Å². The Labute approximate surface area is 182 Å². The molecule has 1 aliphatic heterocycles. The summed E-state index contributed by atoms with van der Waals surface area (Å²) >= 11 is 1.25. The van der Waals surface area contributed by atoms with Crippen LogP contribution < -0.4 is 15.5 Å². The van der Waals surface area contributed by atoms with Crippen molar-refractivity contribution in [3.63, 3.8) is 0 Å². The van der Waals surface area contributed by atoms with Gasteiger partial charge in [0.05, 0.1) is 6.20 Å². The Morgan fingerprint density at radius 2 is 2.03 bits per heavy atom. The van der Waals surface area contributed by atoms with Crippen LogP contribution in [0.2, 0.25) is 0 Å². The monoisotopic (exact) mass is 443 g/mol. The molecule has 31 heavy (non-hydrogen) atoms. The lowest BCUT2D eigenvalue weighted by atomic mass is 10.1. The molecule has 1 aromatic carbocycles. The molecule has 2 aromatic heterocycles. The third-order valence-corrected chi connectivity index (χ3v) is 5.69. The first-order valence-electron chi connectivity index (χ1n) is 9.75. The van der Waals surface area contributed by atoms with Crippen LogP contribution in [0.25, 0.3) is 0 Å². The third-order valence-electron chi connectivity index (χ3n) is 4.92. The van der Waals surface area contributed by atoms with Gasteiger partial charge in [-0.1, -0.05) is 23.5 Å². The van der Waals surface area contributed by atoms with E-state index in [0.717, 1.165) is 30.9 Å². The number of anilines is 3. The van der Waals surface area contributed by atoms with Gasteiger partial charge in [0, 0.05) is 26.2 Å². The quantitative estimate of drug-likeness (QED) is 0.574. The number of methoxy groups -OCH3 is 1. The van der Waals surface area contributed by atoms with E-state index in [0.29, 0.717) is 15.8 Å². The number of nitrogens with one attached hydrogen (secondary N) is 2. The minimum atomic E-state index is -0.875. The minimum Gasteiger partial charge on any atom is -0.367 e. The molecule has 3 heterocycles. The molecule has 11 heteroatoms. The van der Waals surface area contributed by atoms with E-state index >= 15 is 0 Å². The van der Waals surface area contributed by atoms with Crippen molar-refractivity contribution in [2.75, 3.05) is 35.7 Å². The molecule has 1 amide bonds. The highest BCUT2D eigenvalue weighted by molar-refractivity contribution is 7.19. The number of hydrogen-bond donors (Lipinski definition) is 2. The standard InChI is InChI=1S/C20H22FN7O2S/c1-12-9-16(25-22-10-12)28-8-7-15(11-28)23-19-26-27-20(31-19)24-18(29)17(30-2)13-3-5-14(21)6-4-13/h3-6,9-10,15,17H,7-8,11H2,1-2H3,(H,23,26)(H,24,27,29)/t15-,17+/m1/s1. The van der Waals surface area contributed by atoms with Crippen LogP contribution in [-0.4, -0.2) is 52.5 Å². The smallest absolute Gasteiger partial charge is 0.259 e. The van der Waals surface area contributed by atoms with Crippen LogP contribution in [0.3, 0.4) is 0 Å². The zero-order valence-electron chi connectivity index (χ0n) is 17.1. The minimum absolute atomic E-state index is 0.185. The summed E-state index contributed by atoms with van der Waals surface area (Å²) in [6.45, 7) is 3.63. The number of aromatic nitrogens is 4. The number of halogens is 1. The molecule has 2 atom stereocenters. The van der Waals surface area contributed by atoms with Crippen molar-refractivity contribution < 1.29 is 13.9 Å². The predicted octanol–water partition coefficient (Wildman–Crippen LogP) is 2.79. The van der Waals surface area contributed by atoms with E-state index in [1.807, 2.05) is 13.0 Å². The van der Waals surface area contributed by atoms with E-state index < -0.39 is 12.0 Å². The number of carbonyl (C=O) groups is 1. The van der Waals surface area contributed by atoms with Gasteiger partial charge in [-0.3, -0.25) is 10.1 Å². The second kappa shape index (κ2) is 9.31. The van der Waals surface area contributed by atoms with Gasteiger partial charge in [-0.2, -0.15) is 5.10 Å². The van der Waals surface area contributed by atoms with Gasteiger partial charge in [-0.15, -0.1) is 15.3 Å². The molecule has 0 spiro atoms. The van der Waals surface area contributed by atoms with Crippen LogP contribution in [0.1, 0.15) is 23.7 Å². The van der Waals surface area contributed by atoms with Crippen molar-refractivity contribution in [2.24, 2.45) is 0 Å². The number of amides is 1. The summed E-state index contributed by atoms with van der Waals surface area (Å²) in [5.41, 5.74) is 1.62. The molecule has 9 nitrogen and oxygen atoms in total. The van der Waals surface area contributed by atoms with Gasteiger partial charge in [-0.05, 0) is 42.7 Å². The Hall–Kier alpha value is -3.18. The van der Waals surface area contributed by atoms with Crippen molar-refractivity contribution in [3.8, 4) is 0 Å². The SMILES string of the molecule is CO[C@H](C(=O)Nc1nnc(N[C@@H]2CCN(c3cc(C)cnn3)C2)s1)c1ccc(F)cc1. The third kappa shape index (κ3) is 5.12. The number of aryl methyl sites for hydroxylation is 1. The van der Waals surface area contributed by atoms with Gasteiger partial charge in [0.25, 0.3) is 5.91 Å². The molecule has 1 saturated heterocycles. The highest BCUT2D eigenvalue weighted by atomic mass is 32.1. The fourth-order valence-corrected chi connectivity index (χ4v) is 4.12. The number of nitrogens with zero attached hydrogens (tertiary/aromatic N) is 5. The van der Waals surface area contributed by atoms with E-state index in [2.05, 4.69) is 35.9 Å². The van der Waals surface area contributed by atoms with Gasteiger partial charge in [-0.25, -0.2) is 4.39 Å². The number of ether oxygens (including phenoxy) is 1. The molecule has 162 valence electrons. The summed E-state index contributed by atoms with van der Waals surface area (Å²) in [4.78, 5) is 14.8. The zero-order valence-corrected chi connectivity index (χ0v) is 17.9. The molecule has 0 radical (unpaired) electrons. The first-order valence-corrected chi connectivity index (χ1v) is 10.6. The average Bonchev–Trinajstić information content (AvgIpc) is 3.40. The van der Waals surface area contributed by atoms with Gasteiger partial charge < -0.3 is 15.0 Å². The largest absolute Gasteiger partial charge is 0.367 e. The molecule has 0 saturated carbocycles. The fourth-order valence-electron chi connectivity index (χ4n) is 3.40. The van der Waals surface area contributed by atoms with Crippen molar-refractivity contribution in [2.45, 2.75) is 25.5 Å². The van der Waals surface area contributed by atoms with Gasteiger partial charge in [0.1, 0.15) is 5.82 Å². The molecular weight excluding hydrogens is 421 g/mol. The summed E-state index contributed by atoms with van der Waals surface area (Å²) in [5.74, 6) is 0.0848. The van der Waals surface area contributed by atoms with Crippen molar-refractivity contribution in [1.82, 2.24) is 20.4 Å². The van der Waals surface area contributed by atoms with Crippen LogP contribution in [0, 0.1) is 12.7 Å². The molecular formula is C20H22FN7O2S. The lowest BCUT2D eigenvalue weighted by Gasteiger charge is -2.17. The maximum absolute atomic E-state index is 13.1. The number of rotatable bonds is 7. The molecule has 1 aliphatic rings. The zero-order chi connectivity index (χ0) is 21.8. The van der Waals surface area contributed by atoms with Crippen LogP contribution in [0.4, 0.5) is 20.5 Å². The molecule has 1 fully saturated rings. The highest BCUT2D eigenvalue weighted by Gasteiger charge is 2.25. The topological polar surface area (TPSA) is 105 Å². The lowest BCUT2D eigenvalue weighted by molar-refractivity contribution is -0.126. The van der Waals surface area contributed by atoms with E-state index in [4.69, 9.17) is 4.74 Å². The lowest BCUT2D eigenvalue weighted by Crippen LogP contribution is -2.26. The number of benzene rings is 1. The second-order valence-corrected chi connectivity index (χ2v) is 8.21. The number of carbonyl (C=O) groups excluding carboxylic acids is 1. The van der Waals surface area contributed by atoms with E-state index in [1.54, 1.807) is 6.20 Å². The summed E-state index contributed by atoms with van der Waals surface area (Å²) in [7, 11) is 1.42. The van der Waals surface area contributed by atoms with Gasteiger partial charge in [0.2, 0.25) is 10.3 Å². The van der Waals surface area contributed by atoms with Gasteiger partial charge in [0.15, 0.2) is 11.9 Å². The Bertz CT molecular complexity index is 1050. The first-order chi connectivity index (χ1) is 15.0. The van der Waals surface area contributed by atoms with Crippen LogP contribution >= 0.6 is 11.3 Å². The number of hydrogen-bond acceptors (Lipinski definition) is 9. The average molecular weight is 444 g/mol. The Morgan fingerprint density at radius 1 is 1.26 bits per heavy atom. The van der Waals surface area contributed by atoms with E-state index in [9.17, 15) is 9.18 Å². The van der Waals surface area contributed by atoms with Crippen molar-refractivity contribution in [1.29, 1.82) is 0 Å². The van der Waals surface area contributed by atoms with E-state index in [-0.39, 0.29) is 11.9 Å². The Kier molecular flexibility index (Phi) is 6.33. The van der Waals surface area contributed by atoms with Crippen LogP contribution in [0.5, 0.6) is 0 Å². The molecule has 4 rings (SSSR count). The Balaban J connectivity index is 1.34. The predicted molar refractivity (Wildman–Crippen MR) is 116 cm³/mol. The maximum Gasteiger partial charge on any atom is 0.259 e. The summed E-state index contributed by atoms with van der Waals surface area (Å²) in [6.07, 6.45) is 1.78. The summed E-state index contributed by atoms with van der Waals surface area (Å²) < 4.78 is 18.4. The van der Waals surface area contributed by atoms with Gasteiger partial charge >= 0.3 is 0 Å². The fraction of sp³-hybridized carbons (Fsp3) is 0.350. The van der Waals surface area contributed by atoms with Crippen molar-refractivity contribution in [3.05, 3.63) is 53.5 Å². The second-order valence-electron chi connectivity index (χ2n) is 7.24. The molecule has 0 bridgehead atoms. The first kappa shape index (κ1) is 21.1. The van der Waals surface area contributed by atoms with Crippen LogP contribution in [0.15, 0.2) is 36.5 Å².